The van der Waals surface area contributed by atoms with Crippen LogP contribution in [0.15, 0.2) is 28.9 Å². The number of carbonyl (C=O) groups is 3. The van der Waals surface area contributed by atoms with E-state index in [1.165, 1.54) is 63.9 Å². The number of hydrogen-bond acceptors (Lipinski definition) is 14. The van der Waals surface area contributed by atoms with E-state index in [0.717, 1.165) is 57.1 Å². The summed E-state index contributed by atoms with van der Waals surface area (Å²) in [6.45, 7) is 2.82. The quantitative estimate of drug-likeness (QED) is 0.00824. The largest absolute Gasteiger partial charge is 0.472 e. The zero-order chi connectivity index (χ0) is 48.1. The second-order valence-electron chi connectivity index (χ2n) is 17.7. The molecule has 2 aliphatic rings. The third-order valence-corrected chi connectivity index (χ3v) is 14.7. The number of aliphatic hydroxyl groups excluding tert-OH is 1. The number of aliphatic hydroxyl groups is 1. The van der Waals surface area contributed by atoms with E-state index in [-0.39, 0.29) is 59.7 Å². The topological polar surface area (TPSA) is 269 Å². The number of carbonyl (C=O) groups excluding carboxylic acids is 3. The lowest BCUT2D eigenvalue weighted by atomic mass is 10.0. The summed E-state index contributed by atoms with van der Waals surface area (Å²) in [5.74, 6) is 0.597. The summed E-state index contributed by atoms with van der Waals surface area (Å²) in [4.78, 5) is 58.1. The van der Waals surface area contributed by atoms with Crippen molar-refractivity contribution in [3.8, 4) is 0 Å². The van der Waals surface area contributed by atoms with E-state index in [0.29, 0.717) is 62.6 Å². The SMILES string of the molecule is CCCCCCCCCCCCC/C=C/[C@@H](O)[C@H](COP(=O)(O)OCCCCCCNc1ccc([N+](=O)[O-])c2nonc12)NC(=O)CCCCCNC(=O)CCCC[C@@H]1SC[C@@H]2NC(=O)N[C@@H]21. The number of urea groups is 1. The molecule has 2 aliphatic heterocycles. The van der Waals surface area contributed by atoms with Crippen LogP contribution in [0.1, 0.15) is 161 Å². The summed E-state index contributed by atoms with van der Waals surface area (Å²) in [7, 11) is -4.50. The van der Waals surface area contributed by atoms with Crippen molar-refractivity contribution in [2.45, 2.75) is 191 Å². The molecule has 0 aliphatic carbocycles. The molecule has 67 heavy (non-hydrogen) atoms. The Bertz CT molecular complexity index is 1860. The minimum absolute atomic E-state index is 0.00344. The molecule has 0 bridgehead atoms. The Morgan fingerprint density at radius 2 is 1.55 bits per heavy atom. The number of nitro benzene ring substituents is 1. The maximum atomic E-state index is 13.0. The molecule has 0 spiro atoms. The number of nitrogens with one attached hydrogen (secondary N) is 5. The molecule has 1 aromatic carbocycles. The zero-order valence-electron chi connectivity index (χ0n) is 39.5. The molecule has 1 unspecified atom stereocenters. The van der Waals surface area contributed by atoms with Gasteiger partial charge in [-0.2, -0.15) is 11.8 Å². The minimum Gasteiger partial charge on any atom is -0.387 e. The number of amides is 4. The molecular weight excluding hydrogens is 904 g/mol. The van der Waals surface area contributed by atoms with Crippen LogP contribution in [0.3, 0.4) is 0 Å². The van der Waals surface area contributed by atoms with E-state index in [1.807, 2.05) is 17.8 Å². The van der Waals surface area contributed by atoms with Crippen molar-refractivity contribution >= 4 is 59.8 Å². The van der Waals surface area contributed by atoms with Crippen LogP contribution in [0.2, 0.25) is 0 Å². The van der Waals surface area contributed by atoms with Gasteiger partial charge >= 0.3 is 19.5 Å². The zero-order valence-corrected chi connectivity index (χ0v) is 41.2. The van der Waals surface area contributed by atoms with E-state index in [1.54, 1.807) is 12.1 Å². The van der Waals surface area contributed by atoms with Crippen molar-refractivity contribution in [2.24, 2.45) is 0 Å². The van der Waals surface area contributed by atoms with Gasteiger partial charge < -0.3 is 36.6 Å². The van der Waals surface area contributed by atoms with Crippen LogP contribution in [0.25, 0.3) is 11.0 Å². The second kappa shape index (κ2) is 32.1. The maximum absolute atomic E-state index is 13.0. The molecule has 4 amide bonds. The number of phosphoric ester groups is 1. The van der Waals surface area contributed by atoms with E-state index >= 15 is 0 Å². The number of rotatable bonds is 39. The summed E-state index contributed by atoms with van der Waals surface area (Å²) in [6, 6.07) is 2.20. The molecule has 378 valence electrons. The van der Waals surface area contributed by atoms with Crippen LogP contribution >= 0.6 is 19.6 Å². The summed E-state index contributed by atoms with van der Waals surface area (Å²) in [6.07, 6.45) is 24.6. The lowest BCUT2D eigenvalue weighted by molar-refractivity contribution is -0.383. The van der Waals surface area contributed by atoms with E-state index in [2.05, 4.69) is 43.8 Å². The molecule has 6 atom stereocenters. The molecule has 0 radical (unpaired) electrons. The first-order valence-corrected chi connectivity index (χ1v) is 27.4. The summed E-state index contributed by atoms with van der Waals surface area (Å²) in [5.41, 5.74) is 0.720. The first-order chi connectivity index (χ1) is 32.5. The number of fused-ring (bicyclic) bond motifs is 2. The first-order valence-electron chi connectivity index (χ1n) is 24.8. The van der Waals surface area contributed by atoms with Crippen molar-refractivity contribution in [1.29, 1.82) is 0 Å². The van der Waals surface area contributed by atoms with Gasteiger partial charge in [-0.1, -0.05) is 109 Å². The van der Waals surface area contributed by atoms with Gasteiger partial charge in [-0.25, -0.2) is 14.0 Å². The predicted octanol–water partition coefficient (Wildman–Crippen LogP) is 8.74. The molecule has 3 heterocycles. The van der Waals surface area contributed by atoms with Gasteiger partial charge in [0.15, 0.2) is 5.52 Å². The number of benzene rings is 1. The van der Waals surface area contributed by atoms with Crippen molar-refractivity contribution in [2.75, 3.05) is 37.4 Å². The average Bonchev–Trinajstić information content (AvgIpc) is 4.04. The van der Waals surface area contributed by atoms with Crippen LogP contribution in [-0.2, 0) is 23.2 Å². The summed E-state index contributed by atoms with van der Waals surface area (Å²) < 4.78 is 28.0. The number of thioether (sulfide) groups is 1. The third kappa shape index (κ3) is 22.0. The number of non-ortho nitro benzene ring substituents is 1. The van der Waals surface area contributed by atoms with Gasteiger partial charge in [0.1, 0.15) is 0 Å². The molecule has 4 rings (SSSR count). The number of hydrogen-bond donors (Lipinski definition) is 7. The van der Waals surface area contributed by atoms with Gasteiger partial charge in [-0.05, 0) is 67.7 Å². The normalized spacial score (nSPS) is 18.6. The summed E-state index contributed by atoms with van der Waals surface area (Å²) in [5, 5.41) is 45.0. The maximum Gasteiger partial charge on any atom is 0.472 e. The van der Waals surface area contributed by atoms with Crippen molar-refractivity contribution < 1.29 is 47.5 Å². The van der Waals surface area contributed by atoms with E-state index in [9.17, 15) is 39.1 Å². The molecular formula is C46H77N8O11PS. The second-order valence-corrected chi connectivity index (χ2v) is 20.5. The molecule has 19 nitrogen and oxygen atoms in total. The lowest BCUT2D eigenvalue weighted by Gasteiger charge is -2.23. The number of aromatic nitrogens is 2. The van der Waals surface area contributed by atoms with Crippen LogP contribution in [0.4, 0.5) is 16.2 Å². The fourth-order valence-corrected chi connectivity index (χ4v) is 10.6. The van der Waals surface area contributed by atoms with Crippen molar-refractivity contribution in [1.82, 2.24) is 31.6 Å². The van der Waals surface area contributed by atoms with Crippen LogP contribution in [-0.4, -0.2) is 105 Å². The smallest absolute Gasteiger partial charge is 0.387 e. The number of nitrogens with zero attached hydrogens (tertiary/aromatic N) is 3. The fraction of sp³-hybridized carbons (Fsp3) is 0.761. The van der Waals surface area contributed by atoms with E-state index < -0.39 is 31.5 Å². The number of phosphoric acid groups is 1. The van der Waals surface area contributed by atoms with Gasteiger partial charge in [-0.3, -0.25) is 28.8 Å². The molecule has 7 N–H and O–H groups in total. The number of unbranched alkanes of at least 4 members (excludes halogenated alkanes) is 17. The monoisotopic (exact) mass is 981 g/mol. The lowest BCUT2D eigenvalue weighted by Crippen LogP contribution is -2.45. The Hall–Kier alpha value is -3.81. The molecule has 21 heteroatoms. The molecule has 2 aromatic rings. The molecule has 2 fully saturated rings. The van der Waals surface area contributed by atoms with Crippen LogP contribution < -0.4 is 26.6 Å². The highest BCUT2D eigenvalue weighted by atomic mass is 32.2. The standard InChI is InChI=1S/C46H77N8O11PS/c1-2-3-4-5-6-7-8-9-10-11-12-13-17-24-39(55)36(49-42(57)27-18-16-22-31-48-41(56)26-20-19-25-40-43-37(34-67-40)50-46(58)51-43)33-64-66(61,62)63-32-23-15-14-21-30-47-35-28-29-38(54(59)60)45-44(35)52-65-53-45/h17,24,28-29,36-37,39-40,43,47,55H,2-16,18-23,25-27,30-34H2,1H3,(H,48,56)(H,49,57)(H,61,62)(H2,50,51,58)/b24-17+/t36-,37-,39+,40-,43-/m0/s1. The average molecular weight is 981 g/mol. The number of anilines is 1. The number of nitro groups is 1. The highest BCUT2D eigenvalue weighted by molar-refractivity contribution is 8.00. The van der Waals surface area contributed by atoms with Crippen LogP contribution in [0, 0.1) is 10.1 Å². The molecule has 0 saturated carbocycles. The third-order valence-electron chi connectivity index (χ3n) is 12.2. The Kier molecular flexibility index (Phi) is 26.7. The van der Waals surface area contributed by atoms with Crippen molar-refractivity contribution in [3.63, 3.8) is 0 Å². The van der Waals surface area contributed by atoms with Gasteiger partial charge in [0.2, 0.25) is 17.3 Å². The number of allylic oxidation sites excluding steroid dienone is 1. The summed E-state index contributed by atoms with van der Waals surface area (Å²) >= 11 is 1.87. The minimum atomic E-state index is -4.50. The van der Waals surface area contributed by atoms with Crippen molar-refractivity contribution in [3.05, 3.63) is 34.4 Å². The first kappa shape index (κ1) is 55.8. The Balaban J connectivity index is 1.10. The highest BCUT2D eigenvalue weighted by Gasteiger charge is 2.42. The fourth-order valence-electron chi connectivity index (χ4n) is 8.32. The Labute approximate surface area is 400 Å². The Morgan fingerprint density at radius 3 is 2.31 bits per heavy atom. The van der Waals surface area contributed by atoms with Crippen LogP contribution in [0.5, 0.6) is 0 Å². The van der Waals surface area contributed by atoms with Gasteiger partial charge in [0.25, 0.3) is 0 Å². The molecule has 1 aromatic heterocycles. The van der Waals surface area contributed by atoms with Gasteiger partial charge in [0, 0.05) is 43.0 Å². The highest BCUT2D eigenvalue weighted by Crippen LogP contribution is 2.43. The van der Waals surface area contributed by atoms with E-state index in [4.69, 9.17) is 13.7 Å². The van der Waals surface area contributed by atoms with Gasteiger partial charge in [-0.15, -0.1) is 0 Å². The Morgan fingerprint density at radius 1 is 0.896 bits per heavy atom. The predicted molar refractivity (Wildman–Crippen MR) is 261 cm³/mol. The molecule has 2 saturated heterocycles. The van der Waals surface area contributed by atoms with Gasteiger partial charge in [0.05, 0.1) is 48.1 Å².